The summed E-state index contributed by atoms with van der Waals surface area (Å²) in [6, 6.07) is 21.2. The van der Waals surface area contributed by atoms with Crippen molar-refractivity contribution in [2.75, 3.05) is 60.0 Å². The van der Waals surface area contributed by atoms with Gasteiger partial charge < -0.3 is 25.2 Å². The number of methoxy groups -OCH3 is 1. The number of rotatable bonds is 9. The van der Waals surface area contributed by atoms with E-state index in [1.165, 1.54) is 18.8 Å². The molecule has 2 bridgehead atoms. The molecule has 0 aliphatic carbocycles. The van der Waals surface area contributed by atoms with Gasteiger partial charge in [0.1, 0.15) is 17.9 Å². The van der Waals surface area contributed by atoms with Crippen LogP contribution in [0.2, 0.25) is 0 Å². The first-order valence-electron chi connectivity index (χ1n) is 15.5. The number of fused-ring (bicyclic) bond motifs is 2. The normalized spacial score (nSPS) is 20.2. The molecule has 3 aliphatic heterocycles. The number of piperidine rings is 1. The predicted octanol–water partition coefficient (Wildman–Crippen LogP) is 4.84. The summed E-state index contributed by atoms with van der Waals surface area (Å²) in [5.74, 6) is 0.974. The van der Waals surface area contributed by atoms with Crippen molar-refractivity contribution < 1.29 is 17.5 Å². The number of halogens is 1. The summed E-state index contributed by atoms with van der Waals surface area (Å²) < 4.78 is 43.6. The molecule has 2 atom stereocenters. The number of aromatic nitrogens is 3. The Labute approximate surface area is 268 Å². The molecule has 0 saturated carbocycles. The molecule has 0 radical (unpaired) electrons. The van der Waals surface area contributed by atoms with Gasteiger partial charge in [-0.3, -0.25) is 4.90 Å². The number of sulfone groups is 1. The number of piperazine rings is 1. The summed E-state index contributed by atoms with van der Waals surface area (Å²) in [4.78, 5) is 20.6. The lowest BCUT2D eigenvalue weighted by molar-refractivity contribution is 0.144. The van der Waals surface area contributed by atoms with Gasteiger partial charge in [-0.05, 0) is 67.8 Å². The molecule has 4 heterocycles. The van der Waals surface area contributed by atoms with Gasteiger partial charge in [-0.1, -0.05) is 12.1 Å². The third-order valence-corrected chi connectivity index (χ3v) is 10.4. The van der Waals surface area contributed by atoms with Crippen LogP contribution in [0.3, 0.4) is 0 Å². The molecular weight excluding hydrogens is 607 g/mol. The molecule has 240 valence electrons. The fourth-order valence-electron chi connectivity index (χ4n) is 7.08. The third-order valence-electron chi connectivity index (χ3n) is 9.28. The fraction of sp³-hybridized carbons (Fsp3) is 0.364. The lowest BCUT2D eigenvalue weighted by Gasteiger charge is -2.43. The Kier molecular flexibility index (Phi) is 8.11. The first kappa shape index (κ1) is 30.2. The van der Waals surface area contributed by atoms with Crippen molar-refractivity contribution in [3.8, 4) is 5.75 Å². The largest absolute Gasteiger partial charge is 0.494 e. The van der Waals surface area contributed by atoms with E-state index >= 15 is 0 Å². The Morgan fingerprint density at radius 3 is 2.22 bits per heavy atom. The van der Waals surface area contributed by atoms with Gasteiger partial charge >= 0.3 is 0 Å². The van der Waals surface area contributed by atoms with Crippen LogP contribution in [0.5, 0.6) is 5.75 Å². The second kappa shape index (κ2) is 12.4. The van der Waals surface area contributed by atoms with Crippen LogP contribution < -0.4 is 25.2 Å². The molecule has 46 heavy (non-hydrogen) atoms. The topological polar surface area (TPSA) is 116 Å². The fourth-order valence-corrected chi connectivity index (χ4v) is 7.92. The number of nitrogens with zero attached hydrogens (tertiary/aromatic N) is 6. The summed E-state index contributed by atoms with van der Waals surface area (Å²) in [7, 11) is -1.81. The van der Waals surface area contributed by atoms with E-state index in [0.717, 1.165) is 56.7 Å². The van der Waals surface area contributed by atoms with E-state index in [1.54, 1.807) is 37.4 Å². The Hall–Kier alpha value is -4.49. The van der Waals surface area contributed by atoms with E-state index in [9.17, 15) is 12.8 Å². The van der Waals surface area contributed by atoms with Gasteiger partial charge in [0.05, 0.1) is 23.4 Å². The minimum absolute atomic E-state index is 0.160. The van der Waals surface area contributed by atoms with Gasteiger partial charge in [0, 0.05) is 68.0 Å². The van der Waals surface area contributed by atoms with Gasteiger partial charge in [0.15, 0.2) is 9.84 Å². The molecule has 3 saturated heterocycles. The molecule has 13 heteroatoms. The molecule has 7 rings (SSSR count). The van der Waals surface area contributed by atoms with Crippen molar-refractivity contribution in [1.29, 1.82) is 0 Å². The SMILES string of the molecule is COc1cc(N2CCC(N3C[C@@H]4C[C@H]3CN4c3ccc(F)cc3)CC2)ccc1Nc1ncnc(Nc2ccccc2S(C)(=O)=O)n1. The number of hydrogen-bond acceptors (Lipinski definition) is 11. The van der Waals surface area contributed by atoms with Crippen LogP contribution in [0.4, 0.5) is 39.0 Å². The van der Waals surface area contributed by atoms with Crippen molar-refractivity contribution in [2.24, 2.45) is 0 Å². The van der Waals surface area contributed by atoms with Gasteiger partial charge in [-0.15, -0.1) is 0 Å². The first-order valence-corrected chi connectivity index (χ1v) is 17.4. The second-order valence-electron chi connectivity index (χ2n) is 12.1. The number of anilines is 6. The second-order valence-corrected chi connectivity index (χ2v) is 14.1. The quantitative estimate of drug-likeness (QED) is 0.261. The molecule has 11 nitrogen and oxygen atoms in total. The van der Waals surface area contributed by atoms with Gasteiger partial charge in [0.25, 0.3) is 0 Å². The number of nitrogens with one attached hydrogen (secondary N) is 2. The maximum absolute atomic E-state index is 13.4. The molecule has 0 amide bonds. The van der Waals surface area contributed by atoms with E-state index in [1.807, 2.05) is 24.3 Å². The molecule has 0 spiro atoms. The Morgan fingerprint density at radius 2 is 1.54 bits per heavy atom. The molecule has 3 aliphatic rings. The highest BCUT2D eigenvalue weighted by Crippen LogP contribution is 2.39. The lowest BCUT2D eigenvalue weighted by atomic mass is 10.0. The van der Waals surface area contributed by atoms with Crippen LogP contribution in [0.15, 0.2) is 78.0 Å². The van der Waals surface area contributed by atoms with E-state index in [2.05, 4.69) is 46.4 Å². The average molecular weight is 645 g/mol. The van der Waals surface area contributed by atoms with Crippen molar-refractivity contribution in [2.45, 2.75) is 42.3 Å². The molecule has 4 aromatic rings. The van der Waals surface area contributed by atoms with Crippen LogP contribution in [0, 0.1) is 5.82 Å². The van der Waals surface area contributed by atoms with E-state index in [-0.39, 0.29) is 16.7 Å². The number of hydrogen-bond donors (Lipinski definition) is 2. The standard InChI is InChI=1S/C33H37FN8O3S/c1-45-30-18-25(11-12-28(30)37-32-35-21-36-33(39-32)38-29-5-3-4-6-31(29)46(2,43)44)40-15-13-24(14-16-40)42-20-26-17-27(42)19-41(26)23-9-7-22(34)8-10-23/h3-12,18,21,24,26-27H,13-17,19-20H2,1-2H3,(H2,35,36,37,38,39)/t26-,27-/m0/s1. The van der Waals surface area contributed by atoms with Crippen molar-refractivity contribution in [3.63, 3.8) is 0 Å². The van der Waals surface area contributed by atoms with Crippen LogP contribution in [0.1, 0.15) is 19.3 Å². The van der Waals surface area contributed by atoms with Crippen LogP contribution in [0.25, 0.3) is 0 Å². The van der Waals surface area contributed by atoms with Gasteiger partial charge in [-0.2, -0.15) is 4.98 Å². The molecule has 0 unspecified atom stereocenters. The third kappa shape index (κ3) is 6.16. The summed E-state index contributed by atoms with van der Waals surface area (Å²) in [6.45, 7) is 4.01. The Balaban J connectivity index is 0.970. The summed E-state index contributed by atoms with van der Waals surface area (Å²) in [5, 5.41) is 6.20. The molecule has 3 fully saturated rings. The zero-order valence-electron chi connectivity index (χ0n) is 25.8. The molecule has 1 aromatic heterocycles. The van der Waals surface area contributed by atoms with Crippen LogP contribution in [-0.4, -0.2) is 85.9 Å². The van der Waals surface area contributed by atoms with Crippen molar-refractivity contribution in [3.05, 3.63) is 78.9 Å². The molecular formula is C33H37FN8O3S. The van der Waals surface area contributed by atoms with Gasteiger partial charge in [0.2, 0.25) is 11.9 Å². The monoisotopic (exact) mass is 644 g/mol. The highest BCUT2D eigenvalue weighted by Gasteiger charge is 2.46. The lowest BCUT2D eigenvalue weighted by Crippen LogP contribution is -2.53. The van der Waals surface area contributed by atoms with E-state index in [0.29, 0.717) is 41.2 Å². The molecule has 2 N–H and O–H groups in total. The van der Waals surface area contributed by atoms with Crippen molar-refractivity contribution in [1.82, 2.24) is 19.9 Å². The summed E-state index contributed by atoms with van der Waals surface area (Å²) in [5.41, 5.74) is 3.31. The van der Waals surface area contributed by atoms with Crippen LogP contribution in [-0.2, 0) is 9.84 Å². The average Bonchev–Trinajstić information content (AvgIpc) is 3.67. The number of ether oxygens (including phenoxy) is 1. The van der Waals surface area contributed by atoms with E-state index < -0.39 is 9.84 Å². The van der Waals surface area contributed by atoms with Crippen molar-refractivity contribution >= 4 is 44.5 Å². The smallest absolute Gasteiger partial charge is 0.232 e. The number of likely N-dealkylation sites (tertiary alicyclic amines) is 1. The minimum atomic E-state index is -3.44. The first-order chi connectivity index (χ1) is 22.2. The Morgan fingerprint density at radius 1 is 0.848 bits per heavy atom. The zero-order chi connectivity index (χ0) is 31.8. The van der Waals surface area contributed by atoms with E-state index in [4.69, 9.17) is 4.74 Å². The summed E-state index contributed by atoms with van der Waals surface area (Å²) in [6.07, 6.45) is 5.90. The zero-order valence-corrected chi connectivity index (χ0v) is 26.6. The highest BCUT2D eigenvalue weighted by atomic mass is 32.2. The van der Waals surface area contributed by atoms with Gasteiger partial charge in [-0.25, -0.2) is 22.8 Å². The minimum Gasteiger partial charge on any atom is -0.494 e. The summed E-state index contributed by atoms with van der Waals surface area (Å²) >= 11 is 0. The Bertz CT molecular complexity index is 1820. The highest BCUT2D eigenvalue weighted by molar-refractivity contribution is 7.90. The number of para-hydroxylation sites is 1. The molecule has 3 aromatic carbocycles. The maximum Gasteiger partial charge on any atom is 0.232 e. The maximum atomic E-state index is 13.4. The predicted molar refractivity (Wildman–Crippen MR) is 177 cm³/mol. The number of benzene rings is 3. The van der Waals surface area contributed by atoms with Crippen LogP contribution >= 0.6 is 0 Å².